The molecule has 1 rings (SSSR count). The zero-order chi connectivity index (χ0) is 9.30. The van der Waals surface area contributed by atoms with Gasteiger partial charge in [-0.25, -0.2) is 0 Å². The monoisotopic (exact) mass is 281 g/mol. The lowest BCUT2D eigenvalue weighted by Gasteiger charge is -2.04. The average Bonchev–Trinajstić information content (AvgIpc) is 2.30. The molecular formula is C6H8IN3O2. The highest BCUT2D eigenvalue weighted by atomic mass is 127. The van der Waals surface area contributed by atoms with Gasteiger partial charge in [0.25, 0.3) is 0 Å². The predicted molar refractivity (Wildman–Crippen MR) is 52.0 cm³/mol. The van der Waals surface area contributed by atoms with Crippen LogP contribution in [0.15, 0.2) is 6.20 Å². The Labute approximate surface area is 83.0 Å². The third-order valence-corrected chi connectivity index (χ3v) is 2.45. The van der Waals surface area contributed by atoms with Gasteiger partial charge in [-0.1, -0.05) is 0 Å². The summed E-state index contributed by atoms with van der Waals surface area (Å²) in [5.41, 5.74) is 0.0734. The fourth-order valence-corrected chi connectivity index (χ4v) is 1.84. The SMILES string of the molecule is CC(C)n1ncc([N+](=O)[O-])c1I. The van der Waals surface area contributed by atoms with Crippen molar-refractivity contribution in [2.24, 2.45) is 0 Å². The highest BCUT2D eigenvalue weighted by molar-refractivity contribution is 14.1. The van der Waals surface area contributed by atoms with Crippen LogP contribution in [0.1, 0.15) is 19.9 Å². The van der Waals surface area contributed by atoms with Crippen LogP contribution in [0.2, 0.25) is 0 Å². The first-order valence-electron chi connectivity index (χ1n) is 3.41. The summed E-state index contributed by atoms with van der Waals surface area (Å²) in [4.78, 5) is 9.98. The number of nitro groups is 1. The van der Waals surface area contributed by atoms with Crippen LogP contribution in [0.4, 0.5) is 5.69 Å². The van der Waals surface area contributed by atoms with Gasteiger partial charge in [-0.15, -0.1) is 0 Å². The van der Waals surface area contributed by atoms with Crippen molar-refractivity contribution >= 4 is 28.3 Å². The third-order valence-electron chi connectivity index (χ3n) is 1.40. The molecule has 1 heterocycles. The summed E-state index contributed by atoms with van der Waals surface area (Å²) in [5, 5.41) is 14.3. The van der Waals surface area contributed by atoms with Gasteiger partial charge >= 0.3 is 5.69 Å². The van der Waals surface area contributed by atoms with Gasteiger partial charge in [0.1, 0.15) is 6.20 Å². The van der Waals surface area contributed by atoms with E-state index in [1.165, 1.54) is 6.20 Å². The van der Waals surface area contributed by atoms with E-state index in [0.29, 0.717) is 3.70 Å². The van der Waals surface area contributed by atoms with Gasteiger partial charge < -0.3 is 0 Å². The number of nitrogens with zero attached hydrogens (tertiary/aromatic N) is 3. The van der Waals surface area contributed by atoms with E-state index in [1.807, 2.05) is 36.4 Å². The van der Waals surface area contributed by atoms with Crippen molar-refractivity contribution < 1.29 is 4.92 Å². The Bertz CT molecular complexity index is 308. The first-order valence-corrected chi connectivity index (χ1v) is 4.49. The molecule has 0 bridgehead atoms. The summed E-state index contributed by atoms with van der Waals surface area (Å²) >= 11 is 1.93. The van der Waals surface area contributed by atoms with Crippen LogP contribution in [-0.2, 0) is 0 Å². The Morgan fingerprint density at radius 3 is 2.58 bits per heavy atom. The van der Waals surface area contributed by atoms with Gasteiger partial charge in [-0.2, -0.15) is 5.10 Å². The van der Waals surface area contributed by atoms with Gasteiger partial charge in [0.05, 0.1) is 4.92 Å². The Morgan fingerprint density at radius 2 is 2.33 bits per heavy atom. The number of halogens is 1. The lowest BCUT2D eigenvalue weighted by Crippen LogP contribution is -2.05. The fraction of sp³-hybridized carbons (Fsp3) is 0.500. The van der Waals surface area contributed by atoms with Crippen molar-refractivity contribution in [3.8, 4) is 0 Å². The molecular weight excluding hydrogens is 273 g/mol. The maximum atomic E-state index is 10.4. The molecule has 0 amide bonds. The molecule has 0 aliphatic rings. The smallest absolute Gasteiger partial charge is 0.258 e. The van der Waals surface area contributed by atoms with Crippen molar-refractivity contribution in [3.05, 3.63) is 20.0 Å². The Kier molecular flexibility index (Phi) is 2.65. The minimum atomic E-state index is -0.423. The number of hydrogen-bond donors (Lipinski definition) is 0. The number of hydrogen-bond acceptors (Lipinski definition) is 3. The van der Waals surface area contributed by atoms with E-state index < -0.39 is 4.92 Å². The molecule has 6 heteroatoms. The molecule has 0 aromatic carbocycles. The lowest BCUT2D eigenvalue weighted by molar-refractivity contribution is -0.385. The molecule has 0 saturated carbocycles. The first-order chi connectivity index (χ1) is 5.54. The highest BCUT2D eigenvalue weighted by Crippen LogP contribution is 2.22. The highest BCUT2D eigenvalue weighted by Gasteiger charge is 2.18. The van der Waals surface area contributed by atoms with E-state index in [-0.39, 0.29) is 11.7 Å². The van der Waals surface area contributed by atoms with E-state index in [0.717, 1.165) is 0 Å². The fourth-order valence-electron chi connectivity index (χ4n) is 0.821. The topological polar surface area (TPSA) is 61.0 Å². The molecule has 0 fully saturated rings. The first kappa shape index (κ1) is 9.43. The molecule has 0 radical (unpaired) electrons. The Balaban J connectivity index is 3.13. The molecule has 1 aromatic rings. The molecule has 0 saturated heterocycles. The number of aromatic nitrogens is 2. The van der Waals surface area contributed by atoms with Crippen molar-refractivity contribution in [2.75, 3.05) is 0 Å². The van der Waals surface area contributed by atoms with Crippen LogP contribution >= 0.6 is 22.6 Å². The molecule has 12 heavy (non-hydrogen) atoms. The van der Waals surface area contributed by atoms with E-state index in [4.69, 9.17) is 0 Å². The largest absolute Gasteiger partial charge is 0.320 e. The summed E-state index contributed by atoms with van der Waals surface area (Å²) in [6.07, 6.45) is 1.28. The van der Waals surface area contributed by atoms with Crippen LogP contribution in [-0.4, -0.2) is 14.7 Å². The molecule has 0 aliphatic heterocycles. The average molecular weight is 281 g/mol. The van der Waals surface area contributed by atoms with Crippen molar-refractivity contribution in [3.63, 3.8) is 0 Å². The third kappa shape index (κ3) is 1.57. The second kappa shape index (κ2) is 3.38. The number of rotatable bonds is 2. The zero-order valence-corrected chi connectivity index (χ0v) is 8.85. The van der Waals surface area contributed by atoms with Crippen LogP contribution in [0.3, 0.4) is 0 Å². The predicted octanol–water partition coefficient (Wildman–Crippen LogP) is 1.98. The minimum Gasteiger partial charge on any atom is -0.258 e. The molecule has 0 aliphatic carbocycles. The van der Waals surface area contributed by atoms with Crippen LogP contribution in [0.5, 0.6) is 0 Å². The lowest BCUT2D eigenvalue weighted by atomic mass is 10.4. The Morgan fingerprint density at radius 1 is 1.75 bits per heavy atom. The van der Waals surface area contributed by atoms with Crippen LogP contribution in [0, 0.1) is 13.8 Å². The molecule has 0 spiro atoms. The van der Waals surface area contributed by atoms with Gasteiger partial charge in [0.15, 0.2) is 3.70 Å². The van der Waals surface area contributed by atoms with Crippen LogP contribution in [0.25, 0.3) is 0 Å². The molecule has 1 aromatic heterocycles. The van der Waals surface area contributed by atoms with Crippen molar-refractivity contribution in [1.82, 2.24) is 9.78 Å². The molecule has 0 atom stereocenters. The molecule has 66 valence electrons. The second-order valence-corrected chi connectivity index (χ2v) is 3.64. The van der Waals surface area contributed by atoms with Gasteiger partial charge in [0, 0.05) is 6.04 Å². The van der Waals surface area contributed by atoms with Gasteiger partial charge in [-0.05, 0) is 36.4 Å². The summed E-state index contributed by atoms with van der Waals surface area (Å²) < 4.78 is 2.20. The van der Waals surface area contributed by atoms with E-state index in [9.17, 15) is 10.1 Å². The quantitative estimate of drug-likeness (QED) is 0.473. The van der Waals surface area contributed by atoms with E-state index in [2.05, 4.69) is 5.10 Å². The van der Waals surface area contributed by atoms with Crippen LogP contribution < -0.4 is 0 Å². The maximum absolute atomic E-state index is 10.4. The van der Waals surface area contributed by atoms with E-state index >= 15 is 0 Å². The van der Waals surface area contributed by atoms with Crippen molar-refractivity contribution in [1.29, 1.82) is 0 Å². The molecule has 0 unspecified atom stereocenters. The maximum Gasteiger partial charge on any atom is 0.320 e. The standard InChI is InChI=1S/C6H8IN3O2/c1-4(2)9-6(7)5(3-8-9)10(11)12/h3-4H,1-2H3. The normalized spacial score (nSPS) is 10.7. The minimum absolute atomic E-state index is 0.0734. The van der Waals surface area contributed by atoms with Gasteiger partial charge in [-0.3, -0.25) is 14.8 Å². The summed E-state index contributed by atoms with van der Waals surface area (Å²) in [7, 11) is 0. The Hall–Kier alpha value is -0.660. The summed E-state index contributed by atoms with van der Waals surface area (Å²) in [6.45, 7) is 3.86. The zero-order valence-electron chi connectivity index (χ0n) is 6.69. The summed E-state index contributed by atoms with van der Waals surface area (Å²) in [5.74, 6) is 0. The molecule has 0 N–H and O–H groups in total. The second-order valence-electron chi connectivity index (χ2n) is 2.62. The van der Waals surface area contributed by atoms with E-state index in [1.54, 1.807) is 4.68 Å². The molecule has 5 nitrogen and oxygen atoms in total. The summed E-state index contributed by atoms with van der Waals surface area (Å²) in [6, 6.07) is 0.158. The van der Waals surface area contributed by atoms with Gasteiger partial charge in [0.2, 0.25) is 0 Å². The van der Waals surface area contributed by atoms with Crippen molar-refractivity contribution in [2.45, 2.75) is 19.9 Å².